The van der Waals surface area contributed by atoms with E-state index in [4.69, 9.17) is 5.73 Å². The van der Waals surface area contributed by atoms with E-state index < -0.39 is 23.3 Å². The predicted octanol–water partition coefficient (Wildman–Crippen LogP) is 1.96. The van der Waals surface area contributed by atoms with Gasteiger partial charge in [-0.1, -0.05) is 0 Å². The van der Waals surface area contributed by atoms with Crippen LogP contribution in [-0.2, 0) is 6.18 Å². The van der Waals surface area contributed by atoms with Gasteiger partial charge in [0, 0.05) is 10.7 Å². The monoisotopic (exact) mass is 268 g/mol. The third-order valence-corrected chi connectivity index (χ3v) is 1.83. The maximum atomic E-state index is 12.3. The van der Waals surface area contributed by atoms with E-state index in [0.717, 1.165) is 12.3 Å². The van der Waals surface area contributed by atoms with Gasteiger partial charge in [0.25, 0.3) is 5.91 Å². The van der Waals surface area contributed by atoms with Gasteiger partial charge in [0.05, 0.1) is 5.56 Å². The third-order valence-electron chi connectivity index (χ3n) is 1.39. The molecule has 1 heterocycles. The third kappa shape index (κ3) is 2.22. The Morgan fingerprint density at radius 2 is 2.07 bits per heavy atom. The van der Waals surface area contributed by atoms with Gasteiger partial charge < -0.3 is 5.73 Å². The lowest BCUT2D eigenvalue weighted by Crippen LogP contribution is -2.20. The minimum atomic E-state index is -4.64. The van der Waals surface area contributed by atoms with Crippen LogP contribution in [-0.4, -0.2) is 10.9 Å². The molecule has 0 atom stereocenters. The normalized spacial score (nSPS) is 11.4. The summed E-state index contributed by atoms with van der Waals surface area (Å²) in [6, 6.07) is 0.757. The van der Waals surface area contributed by atoms with Crippen LogP contribution in [0.5, 0.6) is 0 Å². The fraction of sp³-hybridized carbons (Fsp3) is 0.143. The lowest BCUT2D eigenvalue weighted by atomic mass is 10.2. The number of halogens is 4. The highest BCUT2D eigenvalue weighted by atomic mass is 79.9. The molecule has 0 radical (unpaired) electrons. The fourth-order valence-corrected chi connectivity index (χ4v) is 1.18. The molecule has 76 valence electrons. The molecule has 3 nitrogen and oxygen atoms in total. The second-order valence-electron chi connectivity index (χ2n) is 2.41. The Bertz CT molecular complexity index is 378. The maximum absolute atomic E-state index is 12.3. The first-order valence-electron chi connectivity index (χ1n) is 3.35. The van der Waals surface area contributed by atoms with Crippen molar-refractivity contribution in [3.63, 3.8) is 0 Å². The van der Waals surface area contributed by atoms with Crippen LogP contribution >= 0.6 is 15.9 Å². The van der Waals surface area contributed by atoms with Crippen LogP contribution in [0.15, 0.2) is 16.7 Å². The van der Waals surface area contributed by atoms with Gasteiger partial charge in [-0.3, -0.25) is 4.79 Å². The zero-order valence-corrected chi connectivity index (χ0v) is 8.19. The summed E-state index contributed by atoms with van der Waals surface area (Å²) in [4.78, 5) is 13.9. The lowest BCUT2D eigenvalue weighted by molar-refractivity contribution is -0.138. The van der Waals surface area contributed by atoms with Crippen molar-refractivity contribution in [3.05, 3.63) is 28.0 Å². The molecule has 1 aromatic rings. The molecule has 2 N–H and O–H groups in total. The SMILES string of the molecule is NC(=O)c1ncc(Br)cc1C(F)(F)F. The summed E-state index contributed by atoms with van der Waals surface area (Å²) < 4.78 is 37.1. The lowest BCUT2D eigenvalue weighted by Gasteiger charge is -2.09. The molecule has 7 heteroatoms. The van der Waals surface area contributed by atoms with Crippen LogP contribution in [0.3, 0.4) is 0 Å². The van der Waals surface area contributed by atoms with Crippen molar-refractivity contribution >= 4 is 21.8 Å². The first kappa shape index (κ1) is 11.0. The van der Waals surface area contributed by atoms with E-state index >= 15 is 0 Å². The van der Waals surface area contributed by atoms with E-state index in [-0.39, 0.29) is 4.47 Å². The summed E-state index contributed by atoms with van der Waals surface area (Å²) in [6.07, 6.45) is -3.56. The van der Waals surface area contributed by atoms with Crippen LogP contribution in [0.4, 0.5) is 13.2 Å². The van der Waals surface area contributed by atoms with Gasteiger partial charge >= 0.3 is 6.18 Å². The first-order valence-corrected chi connectivity index (χ1v) is 4.14. The first-order chi connectivity index (χ1) is 6.32. The quantitative estimate of drug-likeness (QED) is 0.847. The summed E-state index contributed by atoms with van der Waals surface area (Å²) in [5.74, 6) is -1.20. The number of carbonyl (C=O) groups is 1. The number of carbonyl (C=O) groups excluding carboxylic acids is 1. The summed E-state index contributed by atoms with van der Waals surface area (Å²) in [7, 11) is 0. The van der Waals surface area contributed by atoms with Gasteiger partial charge in [-0.2, -0.15) is 13.2 Å². The number of primary amides is 1. The average molecular weight is 269 g/mol. The van der Waals surface area contributed by atoms with E-state index in [0.29, 0.717) is 0 Å². The summed E-state index contributed by atoms with van der Waals surface area (Å²) in [5.41, 5.74) is 2.83. The Kier molecular flexibility index (Phi) is 2.79. The van der Waals surface area contributed by atoms with Crippen molar-refractivity contribution in [2.75, 3.05) is 0 Å². The molecule has 0 unspecified atom stereocenters. The van der Waals surface area contributed by atoms with Gasteiger partial charge in [0.1, 0.15) is 5.69 Å². The van der Waals surface area contributed by atoms with Gasteiger partial charge in [-0.25, -0.2) is 4.98 Å². The second-order valence-corrected chi connectivity index (χ2v) is 3.33. The van der Waals surface area contributed by atoms with Crippen molar-refractivity contribution < 1.29 is 18.0 Å². The summed E-state index contributed by atoms with van der Waals surface area (Å²) in [5, 5.41) is 0. The zero-order chi connectivity index (χ0) is 10.9. The Labute approximate surface area is 85.2 Å². The largest absolute Gasteiger partial charge is 0.418 e. The molecular formula is C7H4BrF3N2O. The molecule has 1 amide bonds. The molecular weight excluding hydrogens is 265 g/mol. The molecule has 1 aromatic heterocycles. The second kappa shape index (κ2) is 3.56. The molecule has 14 heavy (non-hydrogen) atoms. The highest BCUT2D eigenvalue weighted by Crippen LogP contribution is 2.32. The molecule has 0 bridgehead atoms. The molecule has 0 saturated heterocycles. The van der Waals surface area contributed by atoms with E-state index in [9.17, 15) is 18.0 Å². The topological polar surface area (TPSA) is 56.0 Å². The Morgan fingerprint density at radius 1 is 1.50 bits per heavy atom. The zero-order valence-electron chi connectivity index (χ0n) is 6.60. The van der Waals surface area contributed by atoms with Gasteiger partial charge in [0.15, 0.2) is 0 Å². The number of hydrogen-bond acceptors (Lipinski definition) is 2. The minimum Gasteiger partial charge on any atom is -0.364 e. The van der Waals surface area contributed by atoms with Crippen LogP contribution in [0, 0.1) is 0 Å². The molecule has 0 aliphatic heterocycles. The highest BCUT2D eigenvalue weighted by molar-refractivity contribution is 9.10. The van der Waals surface area contributed by atoms with Crippen molar-refractivity contribution in [2.45, 2.75) is 6.18 Å². The van der Waals surface area contributed by atoms with Crippen LogP contribution in [0.25, 0.3) is 0 Å². The van der Waals surface area contributed by atoms with Crippen molar-refractivity contribution in [1.82, 2.24) is 4.98 Å². The number of alkyl halides is 3. The molecule has 0 spiro atoms. The van der Waals surface area contributed by atoms with Crippen LogP contribution in [0.1, 0.15) is 16.1 Å². The van der Waals surface area contributed by atoms with Gasteiger partial charge in [-0.05, 0) is 22.0 Å². The molecule has 0 fully saturated rings. The number of nitrogens with zero attached hydrogens (tertiary/aromatic N) is 1. The smallest absolute Gasteiger partial charge is 0.364 e. The van der Waals surface area contributed by atoms with E-state index in [1.807, 2.05) is 0 Å². The number of rotatable bonds is 1. The van der Waals surface area contributed by atoms with E-state index in [1.54, 1.807) is 0 Å². The standard InChI is InChI=1S/C7H4BrF3N2O/c8-3-1-4(7(9,10)11)5(6(12)14)13-2-3/h1-2H,(H2,12,14). The van der Waals surface area contributed by atoms with Crippen molar-refractivity contribution in [1.29, 1.82) is 0 Å². The van der Waals surface area contributed by atoms with E-state index in [1.165, 1.54) is 0 Å². The Balaban J connectivity index is 3.38. The molecule has 0 saturated carbocycles. The molecule has 1 rings (SSSR count). The number of hydrogen-bond donors (Lipinski definition) is 1. The van der Waals surface area contributed by atoms with Crippen molar-refractivity contribution in [2.24, 2.45) is 5.73 Å². The summed E-state index contributed by atoms with van der Waals surface area (Å²) >= 11 is 2.82. The molecule has 0 aliphatic carbocycles. The Hall–Kier alpha value is -1.11. The highest BCUT2D eigenvalue weighted by Gasteiger charge is 2.35. The average Bonchev–Trinajstić information content (AvgIpc) is 2.01. The maximum Gasteiger partial charge on any atom is 0.418 e. The van der Waals surface area contributed by atoms with Gasteiger partial charge in [-0.15, -0.1) is 0 Å². The van der Waals surface area contributed by atoms with Crippen LogP contribution in [0.2, 0.25) is 0 Å². The van der Waals surface area contributed by atoms with Gasteiger partial charge in [0.2, 0.25) is 0 Å². The molecule has 0 aliphatic rings. The predicted molar refractivity (Wildman–Crippen MR) is 45.5 cm³/mol. The minimum absolute atomic E-state index is 0.134. The number of aromatic nitrogens is 1. The Morgan fingerprint density at radius 3 is 2.50 bits per heavy atom. The van der Waals surface area contributed by atoms with Crippen LogP contribution < -0.4 is 5.73 Å². The molecule has 0 aromatic carbocycles. The number of pyridine rings is 1. The van der Waals surface area contributed by atoms with E-state index in [2.05, 4.69) is 20.9 Å². The summed E-state index contributed by atoms with van der Waals surface area (Å²) in [6.45, 7) is 0. The fourth-order valence-electron chi connectivity index (χ4n) is 0.852. The number of amides is 1. The number of nitrogens with two attached hydrogens (primary N) is 1. The van der Waals surface area contributed by atoms with Crippen molar-refractivity contribution in [3.8, 4) is 0 Å².